The molecule has 4 aromatic rings. The predicted molar refractivity (Wildman–Crippen MR) is 106 cm³/mol. The SMILES string of the molecule is COC(=O)c1cc2ccccc2c(-c2c(OC)ccc3ccccc23)c1O. The van der Waals surface area contributed by atoms with E-state index in [1.165, 1.54) is 7.11 Å². The molecule has 134 valence electrons. The van der Waals surface area contributed by atoms with Crippen LogP contribution in [0.4, 0.5) is 0 Å². The summed E-state index contributed by atoms with van der Waals surface area (Å²) in [7, 11) is 2.89. The number of fused-ring (bicyclic) bond motifs is 2. The van der Waals surface area contributed by atoms with E-state index in [-0.39, 0.29) is 11.3 Å². The van der Waals surface area contributed by atoms with E-state index in [2.05, 4.69) is 0 Å². The second-order valence-corrected chi connectivity index (χ2v) is 6.22. The topological polar surface area (TPSA) is 55.8 Å². The second kappa shape index (κ2) is 6.65. The number of carbonyl (C=O) groups excluding carboxylic acids is 1. The first-order valence-corrected chi connectivity index (χ1v) is 8.55. The van der Waals surface area contributed by atoms with Gasteiger partial charge in [0.25, 0.3) is 0 Å². The molecule has 0 aliphatic rings. The summed E-state index contributed by atoms with van der Waals surface area (Å²) in [6.07, 6.45) is 0. The summed E-state index contributed by atoms with van der Waals surface area (Å²) < 4.78 is 10.5. The zero-order valence-corrected chi connectivity index (χ0v) is 15.0. The Morgan fingerprint density at radius 1 is 0.815 bits per heavy atom. The van der Waals surface area contributed by atoms with Crippen LogP contribution in [-0.4, -0.2) is 25.3 Å². The Morgan fingerprint density at radius 3 is 2.11 bits per heavy atom. The van der Waals surface area contributed by atoms with E-state index in [1.54, 1.807) is 13.2 Å². The zero-order valence-electron chi connectivity index (χ0n) is 15.0. The molecule has 0 aromatic heterocycles. The monoisotopic (exact) mass is 358 g/mol. The lowest BCUT2D eigenvalue weighted by atomic mass is 9.90. The van der Waals surface area contributed by atoms with Crippen LogP contribution in [0.2, 0.25) is 0 Å². The number of benzene rings is 4. The molecule has 0 spiro atoms. The standard InChI is InChI=1S/C23H18O4/c1-26-19-12-11-14-7-3-5-9-16(14)20(19)21-17-10-6-4-8-15(17)13-18(22(21)24)23(25)27-2/h3-13,24H,1-2H3. The molecule has 0 saturated heterocycles. The number of esters is 1. The lowest BCUT2D eigenvalue weighted by molar-refractivity contribution is 0.0597. The molecule has 4 nitrogen and oxygen atoms in total. The summed E-state index contributed by atoms with van der Waals surface area (Å²) in [4.78, 5) is 12.3. The number of phenols is 1. The van der Waals surface area contributed by atoms with E-state index in [0.717, 1.165) is 27.1 Å². The van der Waals surface area contributed by atoms with Gasteiger partial charge in [0.05, 0.1) is 14.2 Å². The van der Waals surface area contributed by atoms with Crippen LogP contribution >= 0.6 is 0 Å². The summed E-state index contributed by atoms with van der Waals surface area (Å²) in [6.45, 7) is 0. The van der Waals surface area contributed by atoms with Gasteiger partial charge in [0.2, 0.25) is 0 Å². The van der Waals surface area contributed by atoms with Crippen LogP contribution in [0.25, 0.3) is 32.7 Å². The first kappa shape index (κ1) is 16.9. The van der Waals surface area contributed by atoms with Crippen molar-refractivity contribution in [3.05, 3.63) is 72.3 Å². The highest BCUT2D eigenvalue weighted by Crippen LogP contribution is 2.46. The van der Waals surface area contributed by atoms with Gasteiger partial charge in [0.1, 0.15) is 17.1 Å². The molecule has 0 amide bonds. The lowest BCUT2D eigenvalue weighted by Gasteiger charge is -2.17. The number of aromatic hydroxyl groups is 1. The van der Waals surface area contributed by atoms with E-state index in [9.17, 15) is 9.90 Å². The quantitative estimate of drug-likeness (QED) is 0.514. The number of hydrogen-bond acceptors (Lipinski definition) is 4. The normalized spacial score (nSPS) is 10.9. The number of rotatable bonds is 3. The predicted octanol–water partition coefficient (Wildman–Crippen LogP) is 5.16. The molecule has 0 saturated carbocycles. The highest BCUT2D eigenvalue weighted by atomic mass is 16.5. The van der Waals surface area contributed by atoms with Gasteiger partial charge in [-0.05, 0) is 33.7 Å². The Labute approximate surface area is 156 Å². The van der Waals surface area contributed by atoms with Gasteiger partial charge < -0.3 is 14.6 Å². The largest absolute Gasteiger partial charge is 0.506 e. The third kappa shape index (κ3) is 2.66. The summed E-state index contributed by atoms with van der Waals surface area (Å²) >= 11 is 0. The third-order valence-electron chi connectivity index (χ3n) is 4.79. The van der Waals surface area contributed by atoms with E-state index in [0.29, 0.717) is 11.3 Å². The molecule has 4 rings (SSSR count). The van der Waals surface area contributed by atoms with Crippen molar-refractivity contribution in [3.8, 4) is 22.6 Å². The van der Waals surface area contributed by atoms with Crippen LogP contribution in [0.1, 0.15) is 10.4 Å². The smallest absolute Gasteiger partial charge is 0.341 e. The fraction of sp³-hybridized carbons (Fsp3) is 0.0870. The number of hydrogen-bond donors (Lipinski definition) is 1. The molecule has 0 bridgehead atoms. The molecule has 4 aromatic carbocycles. The van der Waals surface area contributed by atoms with Gasteiger partial charge in [-0.1, -0.05) is 54.6 Å². The van der Waals surface area contributed by atoms with Crippen LogP contribution in [-0.2, 0) is 4.74 Å². The highest BCUT2D eigenvalue weighted by molar-refractivity contribution is 6.13. The highest BCUT2D eigenvalue weighted by Gasteiger charge is 2.23. The Hall–Kier alpha value is -3.53. The summed E-state index contributed by atoms with van der Waals surface area (Å²) in [5.74, 6) is -0.0786. The number of ether oxygens (including phenoxy) is 2. The molecule has 4 heteroatoms. The van der Waals surface area contributed by atoms with Gasteiger partial charge in [0, 0.05) is 11.1 Å². The second-order valence-electron chi connectivity index (χ2n) is 6.22. The van der Waals surface area contributed by atoms with E-state index in [1.807, 2.05) is 60.7 Å². The van der Waals surface area contributed by atoms with Crippen molar-refractivity contribution < 1.29 is 19.4 Å². The zero-order chi connectivity index (χ0) is 19.0. The first-order valence-electron chi connectivity index (χ1n) is 8.55. The Bertz CT molecular complexity index is 1180. The molecular weight excluding hydrogens is 340 g/mol. The molecule has 1 N–H and O–H groups in total. The maximum absolute atomic E-state index is 12.3. The summed E-state index contributed by atoms with van der Waals surface area (Å²) in [5, 5.41) is 14.7. The average molecular weight is 358 g/mol. The van der Waals surface area contributed by atoms with Gasteiger partial charge in [-0.3, -0.25) is 0 Å². The van der Waals surface area contributed by atoms with Gasteiger partial charge in [-0.2, -0.15) is 0 Å². The maximum Gasteiger partial charge on any atom is 0.341 e. The molecule has 0 fully saturated rings. The molecular formula is C23H18O4. The Balaban J connectivity index is 2.21. The van der Waals surface area contributed by atoms with Crippen LogP contribution in [0.5, 0.6) is 11.5 Å². The Morgan fingerprint density at radius 2 is 1.44 bits per heavy atom. The Kier molecular flexibility index (Phi) is 4.16. The lowest BCUT2D eigenvalue weighted by Crippen LogP contribution is -2.03. The number of phenolic OH excluding ortho intramolecular Hbond substituents is 1. The number of methoxy groups -OCH3 is 2. The van der Waals surface area contributed by atoms with Crippen molar-refractivity contribution in [2.75, 3.05) is 14.2 Å². The van der Waals surface area contributed by atoms with Crippen LogP contribution in [0.15, 0.2) is 66.7 Å². The first-order chi connectivity index (χ1) is 13.2. The van der Waals surface area contributed by atoms with Gasteiger partial charge in [0.15, 0.2) is 0 Å². The van der Waals surface area contributed by atoms with E-state index < -0.39 is 5.97 Å². The molecule has 27 heavy (non-hydrogen) atoms. The minimum Gasteiger partial charge on any atom is -0.506 e. The van der Waals surface area contributed by atoms with Crippen molar-refractivity contribution >= 4 is 27.5 Å². The summed E-state index contributed by atoms with van der Waals surface area (Å²) in [6, 6.07) is 21.0. The van der Waals surface area contributed by atoms with Crippen molar-refractivity contribution in [1.82, 2.24) is 0 Å². The van der Waals surface area contributed by atoms with Crippen molar-refractivity contribution in [2.45, 2.75) is 0 Å². The fourth-order valence-corrected chi connectivity index (χ4v) is 3.53. The van der Waals surface area contributed by atoms with E-state index in [4.69, 9.17) is 9.47 Å². The maximum atomic E-state index is 12.3. The van der Waals surface area contributed by atoms with Gasteiger partial charge >= 0.3 is 5.97 Å². The molecule has 0 aliphatic carbocycles. The minimum absolute atomic E-state index is 0.116. The molecule has 0 heterocycles. The van der Waals surface area contributed by atoms with E-state index >= 15 is 0 Å². The minimum atomic E-state index is -0.585. The third-order valence-corrected chi connectivity index (χ3v) is 4.79. The van der Waals surface area contributed by atoms with Gasteiger partial charge in [-0.15, -0.1) is 0 Å². The van der Waals surface area contributed by atoms with Crippen LogP contribution in [0.3, 0.4) is 0 Å². The van der Waals surface area contributed by atoms with Crippen molar-refractivity contribution in [2.24, 2.45) is 0 Å². The molecule has 0 unspecified atom stereocenters. The molecule has 0 atom stereocenters. The van der Waals surface area contributed by atoms with Crippen molar-refractivity contribution in [3.63, 3.8) is 0 Å². The molecule has 0 aliphatic heterocycles. The van der Waals surface area contributed by atoms with Crippen LogP contribution in [0, 0.1) is 0 Å². The average Bonchev–Trinajstić information content (AvgIpc) is 2.72. The molecule has 0 radical (unpaired) electrons. The van der Waals surface area contributed by atoms with Crippen LogP contribution < -0.4 is 4.74 Å². The summed E-state index contributed by atoms with van der Waals surface area (Å²) in [5.41, 5.74) is 1.43. The fourth-order valence-electron chi connectivity index (χ4n) is 3.53. The van der Waals surface area contributed by atoms with Gasteiger partial charge in [-0.25, -0.2) is 4.79 Å². The number of carbonyl (C=O) groups is 1. The van der Waals surface area contributed by atoms with Crippen molar-refractivity contribution in [1.29, 1.82) is 0 Å².